The van der Waals surface area contributed by atoms with E-state index in [1.807, 2.05) is 31.2 Å². The second-order valence-electron chi connectivity index (χ2n) is 3.62. The molecule has 2 rings (SSSR count). The van der Waals surface area contributed by atoms with Crippen LogP contribution in [0.25, 0.3) is 0 Å². The molecular weight excluding hydrogens is 315 g/mol. The topological polar surface area (TPSA) is 34.9 Å². The Kier molecular flexibility index (Phi) is 3.38. The average Bonchev–Trinajstić information content (AvgIpc) is 2.25. The third kappa shape index (κ3) is 2.69. The fraction of sp³-hybridized carbons (Fsp3) is 0.167. The van der Waals surface area contributed by atoms with Crippen LogP contribution in [0.1, 0.15) is 11.3 Å². The number of hydrogen-bond acceptors (Lipinski definition) is 2. The maximum absolute atomic E-state index is 11.6. The average molecular weight is 326 g/mol. The standard InChI is InChI=1S/C12H11IN2O/c1-9-6-12(16)15(8-14-9)7-10-2-4-11(13)5-3-10/h2-6,8H,7H2,1H3. The van der Waals surface area contributed by atoms with Crippen LogP contribution < -0.4 is 5.56 Å². The van der Waals surface area contributed by atoms with Crippen LogP contribution in [0.5, 0.6) is 0 Å². The molecule has 0 radical (unpaired) electrons. The molecule has 1 aromatic heterocycles. The van der Waals surface area contributed by atoms with E-state index in [9.17, 15) is 4.79 Å². The van der Waals surface area contributed by atoms with Gasteiger partial charge in [0, 0.05) is 15.3 Å². The summed E-state index contributed by atoms with van der Waals surface area (Å²) in [6.07, 6.45) is 1.59. The monoisotopic (exact) mass is 326 g/mol. The lowest BCUT2D eigenvalue weighted by Gasteiger charge is -2.05. The van der Waals surface area contributed by atoms with Crippen LogP contribution in [0.15, 0.2) is 41.5 Å². The molecule has 0 bridgehead atoms. The van der Waals surface area contributed by atoms with E-state index in [1.54, 1.807) is 17.0 Å². The molecular formula is C12H11IN2O. The van der Waals surface area contributed by atoms with Gasteiger partial charge in [-0.1, -0.05) is 12.1 Å². The molecule has 0 aliphatic carbocycles. The van der Waals surface area contributed by atoms with Crippen LogP contribution in [-0.4, -0.2) is 9.55 Å². The summed E-state index contributed by atoms with van der Waals surface area (Å²) in [5.74, 6) is 0. The first-order chi connectivity index (χ1) is 7.65. The van der Waals surface area contributed by atoms with Crippen LogP contribution in [0, 0.1) is 10.5 Å². The van der Waals surface area contributed by atoms with E-state index < -0.39 is 0 Å². The van der Waals surface area contributed by atoms with Gasteiger partial charge < -0.3 is 0 Å². The lowest BCUT2D eigenvalue weighted by Crippen LogP contribution is -2.20. The summed E-state index contributed by atoms with van der Waals surface area (Å²) < 4.78 is 2.80. The molecule has 0 N–H and O–H groups in total. The molecule has 1 aromatic carbocycles. The minimum Gasteiger partial charge on any atom is -0.295 e. The Bertz CT molecular complexity index is 546. The van der Waals surface area contributed by atoms with Crippen molar-refractivity contribution in [1.82, 2.24) is 9.55 Å². The summed E-state index contributed by atoms with van der Waals surface area (Å²) in [7, 11) is 0. The maximum Gasteiger partial charge on any atom is 0.253 e. The highest BCUT2D eigenvalue weighted by Gasteiger charge is 1.98. The van der Waals surface area contributed by atoms with Crippen LogP contribution in [0.4, 0.5) is 0 Å². The van der Waals surface area contributed by atoms with Crippen molar-refractivity contribution in [2.75, 3.05) is 0 Å². The highest BCUT2D eigenvalue weighted by Crippen LogP contribution is 2.07. The minimum atomic E-state index is -0.00829. The van der Waals surface area contributed by atoms with Gasteiger partial charge in [0.15, 0.2) is 0 Å². The summed E-state index contributed by atoms with van der Waals surface area (Å²) >= 11 is 2.26. The molecule has 0 saturated heterocycles. The second kappa shape index (κ2) is 4.78. The van der Waals surface area contributed by atoms with Crippen molar-refractivity contribution in [3.63, 3.8) is 0 Å². The number of rotatable bonds is 2. The van der Waals surface area contributed by atoms with Crippen LogP contribution in [-0.2, 0) is 6.54 Å². The fourth-order valence-electron chi connectivity index (χ4n) is 1.42. The van der Waals surface area contributed by atoms with E-state index in [0.29, 0.717) is 6.54 Å². The number of benzene rings is 1. The summed E-state index contributed by atoms with van der Waals surface area (Å²) in [4.78, 5) is 15.7. The molecule has 0 atom stereocenters. The lowest BCUT2D eigenvalue weighted by molar-refractivity contribution is 0.730. The number of hydrogen-bond donors (Lipinski definition) is 0. The van der Waals surface area contributed by atoms with Gasteiger partial charge in [0.1, 0.15) is 0 Å². The van der Waals surface area contributed by atoms with E-state index in [2.05, 4.69) is 27.6 Å². The van der Waals surface area contributed by atoms with E-state index in [4.69, 9.17) is 0 Å². The van der Waals surface area contributed by atoms with E-state index in [-0.39, 0.29) is 5.56 Å². The fourth-order valence-corrected chi connectivity index (χ4v) is 1.78. The zero-order chi connectivity index (χ0) is 11.5. The van der Waals surface area contributed by atoms with Crippen LogP contribution >= 0.6 is 22.6 Å². The maximum atomic E-state index is 11.6. The van der Waals surface area contributed by atoms with Crippen molar-refractivity contribution < 1.29 is 0 Å². The van der Waals surface area contributed by atoms with Gasteiger partial charge in [-0.3, -0.25) is 9.36 Å². The SMILES string of the molecule is Cc1cc(=O)n(Cc2ccc(I)cc2)cn1. The second-order valence-corrected chi connectivity index (χ2v) is 4.87. The zero-order valence-electron chi connectivity index (χ0n) is 8.85. The molecule has 0 unspecified atom stereocenters. The summed E-state index contributed by atoms with van der Waals surface area (Å²) in [6, 6.07) is 9.65. The van der Waals surface area contributed by atoms with Gasteiger partial charge in [0.05, 0.1) is 12.9 Å². The van der Waals surface area contributed by atoms with Crippen LogP contribution in [0.3, 0.4) is 0 Å². The number of aromatic nitrogens is 2. The van der Waals surface area contributed by atoms with Crippen molar-refractivity contribution in [2.45, 2.75) is 13.5 Å². The lowest BCUT2D eigenvalue weighted by atomic mass is 10.2. The molecule has 0 aliphatic rings. The number of halogens is 1. The van der Waals surface area contributed by atoms with Gasteiger partial charge in [-0.2, -0.15) is 0 Å². The normalized spacial score (nSPS) is 10.4. The van der Waals surface area contributed by atoms with E-state index in [0.717, 1.165) is 11.3 Å². The van der Waals surface area contributed by atoms with Gasteiger partial charge in [-0.25, -0.2) is 4.98 Å². The Morgan fingerprint density at radius 3 is 2.62 bits per heavy atom. The van der Waals surface area contributed by atoms with Gasteiger partial charge in [-0.05, 0) is 47.2 Å². The van der Waals surface area contributed by atoms with E-state index in [1.165, 1.54) is 3.57 Å². The first-order valence-corrected chi connectivity index (χ1v) is 6.00. The van der Waals surface area contributed by atoms with Crippen molar-refractivity contribution in [2.24, 2.45) is 0 Å². The zero-order valence-corrected chi connectivity index (χ0v) is 11.0. The Morgan fingerprint density at radius 2 is 2.00 bits per heavy atom. The highest BCUT2D eigenvalue weighted by molar-refractivity contribution is 14.1. The molecule has 0 saturated carbocycles. The molecule has 0 aliphatic heterocycles. The smallest absolute Gasteiger partial charge is 0.253 e. The van der Waals surface area contributed by atoms with Crippen LogP contribution in [0.2, 0.25) is 0 Å². The van der Waals surface area contributed by atoms with Gasteiger partial charge in [0.2, 0.25) is 0 Å². The van der Waals surface area contributed by atoms with Crippen molar-refractivity contribution in [3.05, 3.63) is 61.8 Å². The van der Waals surface area contributed by atoms with E-state index >= 15 is 0 Å². The van der Waals surface area contributed by atoms with Crippen molar-refractivity contribution >= 4 is 22.6 Å². The molecule has 82 valence electrons. The summed E-state index contributed by atoms with van der Waals surface area (Å²) in [5.41, 5.74) is 1.85. The number of aryl methyl sites for hydroxylation is 1. The van der Waals surface area contributed by atoms with Gasteiger partial charge >= 0.3 is 0 Å². The highest BCUT2D eigenvalue weighted by atomic mass is 127. The van der Waals surface area contributed by atoms with Gasteiger partial charge in [-0.15, -0.1) is 0 Å². The Balaban J connectivity index is 2.27. The molecule has 0 spiro atoms. The summed E-state index contributed by atoms with van der Waals surface area (Å²) in [6.45, 7) is 2.39. The summed E-state index contributed by atoms with van der Waals surface area (Å²) in [5, 5.41) is 0. The molecule has 4 heteroatoms. The Labute approximate surface area is 107 Å². The largest absolute Gasteiger partial charge is 0.295 e. The van der Waals surface area contributed by atoms with Gasteiger partial charge in [0.25, 0.3) is 5.56 Å². The molecule has 1 heterocycles. The molecule has 0 fully saturated rings. The molecule has 0 amide bonds. The third-order valence-electron chi connectivity index (χ3n) is 2.28. The van der Waals surface area contributed by atoms with Crippen molar-refractivity contribution in [1.29, 1.82) is 0 Å². The first-order valence-electron chi connectivity index (χ1n) is 4.93. The number of nitrogens with zero attached hydrogens (tertiary/aromatic N) is 2. The Hall–Kier alpha value is -1.17. The first kappa shape index (κ1) is 11.3. The molecule has 16 heavy (non-hydrogen) atoms. The molecule has 2 aromatic rings. The predicted octanol–water partition coefficient (Wildman–Crippen LogP) is 2.20. The quantitative estimate of drug-likeness (QED) is 0.793. The molecule has 3 nitrogen and oxygen atoms in total. The Morgan fingerprint density at radius 1 is 1.31 bits per heavy atom. The third-order valence-corrected chi connectivity index (χ3v) is 3.00. The minimum absolute atomic E-state index is 0.00829. The predicted molar refractivity (Wildman–Crippen MR) is 71.5 cm³/mol. The van der Waals surface area contributed by atoms with Crippen molar-refractivity contribution in [3.8, 4) is 0 Å².